The Morgan fingerprint density at radius 1 is 0.364 bits per heavy atom. The molecule has 0 aliphatic rings. The van der Waals surface area contributed by atoms with Crippen LogP contribution in [0.25, 0.3) is 0 Å². The van der Waals surface area contributed by atoms with E-state index in [9.17, 15) is 0 Å². The van der Waals surface area contributed by atoms with E-state index in [1.54, 1.807) is 7.16 Å². The van der Waals surface area contributed by atoms with E-state index >= 15 is 0 Å². The van der Waals surface area contributed by atoms with E-state index in [2.05, 4.69) is 128 Å². The van der Waals surface area contributed by atoms with Crippen LogP contribution < -0.4 is 14.3 Å². The molecule has 4 rings (SSSR count). The number of rotatable bonds is 4. The van der Waals surface area contributed by atoms with Gasteiger partial charge in [-0.2, -0.15) is 0 Å². The van der Waals surface area contributed by atoms with Crippen LogP contribution in [0.2, 0.25) is 0 Å². The van der Waals surface area contributed by atoms with Crippen LogP contribution in [0.1, 0.15) is 44.5 Å². The molecule has 0 unspecified atom stereocenters. The van der Waals surface area contributed by atoms with Gasteiger partial charge in [-0.05, 0) is 0 Å². The SMILES string of the molecule is Cc1cc[c]([Sn]([c]2ccc(C)cc2)([c]2c(C)cc(C)cc2C)[c]2c(C)cc(C)cc2C)cc1. The van der Waals surface area contributed by atoms with Gasteiger partial charge in [-0.15, -0.1) is 0 Å². The van der Waals surface area contributed by atoms with Gasteiger partial charge in [0.2, 0.25) is 0 Å². The molecule has 0 saturated carbocycles. The maximum absolute atomic E-state index is 3.68. The summed E-state index contributed by atoms with van der Waals surface area (Å²) in [6, 6.07) is 28.6. The minimum absolute atomic E-state index is 1.32. The Morgan fingerprint density at radius 2 is 0.636 bits per heavy atom. The average molecular weight is 539 g/mol. The number of aryl methyl sites for hydroxylation is 8. The van der Waals surface area contributed by atoms with Crippen LogP contribution in [0.3, 0.4) is 0 Å². The third-order valence-corrected chi connectivity index (χ3v) is 22.7. The fourth-order valence-corrected chi connectivity index (χ4v) is 22.4. The minimum atomic E-state index is -3.68. The van der Waals surface area contributed by atoms with Crippen molar-refractivity contribution in [2.75, 3.05) is 0 Å². The van der Waals surface area contributed by atoms with Crippen molar-refractivity contribution in [3.8, 4) is 0 Å². The quantitative estimate of drug-likeness (QED) is 0.300. The molecule has 0 heterocycles. The molecule has 0 aromatic heterocycles. The second-order valence-corrected chi connectivity index (χ2v) is 20.5. The zero-order valence-electron chi connectivity index (χ0n) is 21.4. The molecular formula is C32H36Sn. The molecule has 0 aliphatic heterocycles. The van der Waals surface area contributed by atoms with Crippen molar-refractivity contribution in [3.05, 3.63) is 117 Å². The second kappa shape index (κ2) is 9.14. The first kappa shape index (κ1) is 23.8. The maximum atomic E-state index is 2.43. The molecule has 0 radical (unpaired) electrons. The van der Waals surface area contributed by atoms with Gasteiger partial charge in [0.05, 0.1) is 0 Å². The van der Waals surface area contributed by atoms with E-state index in [0.717, 1.165) is 0 Å². The Morgan fingerprint density at radius 3 is 0.909 bits per heavy atom. The molecular weight excluding hydrogens is 503 g/mol. The molecule has 0 aliphatic carbocycles. The van der Waals surface area contributed by atoms with Crippen molar-refractivity contribution in [2.45, 2.75) is 55.4 Å². The molecule has 168 valence electrons. The normalized spacial score (nSPS) is 11.6. The number of benzene rings is 4. The molecule has 0 fully saturated rings. The van der Waals surface area contributed by atoms with Crippen LogP contribution in [-0.2, 0) is 0 Å². The summed E-state index contributed by atoms with van der Waals surface area (Å²) in [5.41, 5.74) is 11.1. The Balaban J connectivity index is 2.29. The van der Waals surface area contributed by atoms with E-state index in [4.69, 9.17) is 0 Å². The molecule has 0 spiro atoms. The molecule has 4 aromatic rings. The van der Waals surface area contributed by atoms with Gasteiger partial charge in [0.25, 0.3) is 0 Å². The average Bonchev–Trinajstić information content (AvgIpc) is 2.72. The van der Waals surface area contributed by atoms with E-state index in [1.165, 1.54) is 51.7 Å². The van der Waals surface area contributed by atoms with Crippen molar-refractivity contribution in [1.82, 2.24) is 0 Å². The van der Waals surface area contributed by atoms with Crippen molar-refractivity contribution in [3.63, 3.8) is 0 Å². The number of hydrogen-bond donors (Lipinski definition) is 0. The van der Waals surface area contributed by atoms with Crippen LogP contribution in [0.15, 0.2) is 72.8 Å². The predicted octanol–water partition coefficient (Wildman–Crippen LogP) is 5.53. The molecule has 4 aromatic carbocycles. The fraction of sp³-hybridized carbons (Fsp3) is 0.250. The van der Waals surface area contributed by atoms with Gasteiger partial charge in [0.1, 0.15) is 0 Å². The molecule has 33 heavy (non-hydrogen) atoms. The van der Waals surface area contributed by atoms with Gasteiger partial charge in [-0.1, -0.05) is 0 Å². The molecule has 0 bridgehead atoms. The van der Waals surface area contributed by atoms with E-state index in [0.29, 0.717) is 0 Å². The van der Waals surface area contributed by atoms with Crippen molar-refractivity contribution in [1.29, 1.82) is 0 Å². The van der Waals surface area contributed by atoms with Crippen molar-refractivity contribution in [2.24, 2.45) is 0 Å². The fourth-order valence-electron chi connectivity index (χ4n) is 6.02. The monoisotopic (exact) mass is 540 g/mol. The zero-order valence-corrected chi connectivity index (χ0v) is 24.3. The molecule has 1 heteroatoms. The van der Waals surface area contributed by atoms with Gasteiger partial charge >= 0.3 is 205 Å². The second-order valence-electron chi connectivity index (χ2n) is 10.0. The number of hydrogen-bond acceptors (Lipinski definition) is 0. The topological polar surface area (TPSA) is 0 Å². The van der Waals surface area contributed by atoms with Crippen LogP contribution in [-0.4, -0.2) is 18.4 Å². The standard InChI is InChI=1S/2C9H11.2C7H7.Sn/c2*1-7-4-8(2)6-9(3)5-7;2*1-7-5-3-2-4-6-7;/h2*4-5H,1-3H3;2*3-6H,1H3;. The predicted molar refractivity (Wildman–Crippen MR) is 148 cm³/mol. The summed E-state index contributed by atoms with van der Waals surface area (Å²) >= 11 is -3.68. The summed E-state index contributed by atoms with van der Waals surface area (Å²) in [5, 5.41) is 0. The Labute approximate surface area is 204 Å². The molecule has 0 atom stereocenters. The molecule has 0 nitrogen and oxygen atoms in total. The summed E-state index contributed by atoms with van der Waals surface area (Å²) in [6.07, 6.45) is 0. The van der Waals surface area contributed by atoms with Crippen LogP contribution >= 0.6 is 0 Å². The first-order valence-electron chi connectivity index (χ1n) is 12.0. The van der Waals surface area contributed by atoms with Crippen molar-refractivity contribution >= 4 is 32.7 Å². The van der Waals surface area contributed by atoms with E-state index < -0.39 is 18.4 Å². The Kier molecular flexibility index (Phi) is 6.60. The van der Waals surface area contributed by atoms with Gasteiger partial charge in [0, 0.05) is 0 Å². The van der Waals surface area contributed by atoms with Crippen LogP contribution in [0.4, 0.5) is 0 Å². The molecule has 0 N–H and O–H groups in total. The van der Waals surface area contributed by atoms with Crippen LogP contribution in [0, 0.1) is 55.4 Å². The summed E-state index contributed by atoms with van der Waals surface area (Å²) in [4.78, 5) is 0. The third-order valence-electron chi connectivity index (χ3n) is 7.07. The summed E-state index contributed by atoms with van der Waals surface area (Å²) in [5.74, 6) is 0. The first-order valence-corrected chi connectivity index (χ1v) is 17.7. The third kappa shape index (κ3) is 4.19. The van der Waals surface area contributed by atoms with E-state index in [1.807, 2.05) is 0 Å². The summed E-state index contributed by atoms with van der Waals surface area (Å²) < 4.78 is 6.28. The zero-order chi connectivity index (χ0) is 23.9. The van der Waals surface area contributed by atoms with E-state index in [-0.39, 0.29) is 0 Å². The van der Waals surface area contributed by atoms with Gasteiger partial charge in [0.15, 0.2) is 0 Å². The van der Waals surface area contributed by atoms with Crippen LogP contribution in [0.5, 0.6) is 0 Å². The van der Waals surface area contributed by atoms with Gasteiger partial charge < -0.3 is 0 Å². The molecule has 0 amide bonds. The Bertz CT molecular complexity index is 1160. The summed E-state index contributed by atoms with van der Waals surface area (Å²) in [7, 11) is 0. The first-order chi connectivity index (χ1) is 15.6. The van der Waals surface area contributed by atoms with Gasteiger partial charge in [-0.25, -0.2) is 0 Å². The van der Waals surface area contributed by atoms with Gasteiger partial charge in [-0.3, -0.25) is 0 Å². The van der Waals surface area contributed by atoms with Crippen molar-refractivity contribution < 1.29 is 0 Å². The summed E-state index contributed by atoms with van der Waals surface area (Å²) in [6.45, 7) is 18.2. The Hall–Kier alpha value is -2.32. The molecule has 0 saturated heterocycles.